The second kappa shape index (κ2) is 7.06. The van der Waals surface area contributed by atoms with Gasteiger partial charge in [0.05, 0.1) is 0 Å². The van der Waals surface area contributed by atoms with Crippen molar-refractivity contribution in [3.8, 4) is 0 Å². The highest BCUT2D eigenvalue weighted by atomic mass is 15.0. The molecule has 106 valence electrons. The third kappa shape index (κ3) is 4.96. The first-order chi connectivity index (χ1) is 9.16. The minimum absolute atomic E-state index is 0.566. The van der Waals surface area contributed by atoms with Crippen LogP contribution in [0, 0.1) is 11.8 Å². The van der Waals surface area contributed by atoms with Gasteiger partial charge in [0, 0.05) is 12.6 Å². The number of hydrogen-bond acceptors (Lipinski definition) is 2. The highest BCUT2D eigenvalue weighted by Gasteiger charge is 2.37. The molecule has 1 aromatic carbocycles. The summed E-state index contributed by atoms with van der Waals surface area (Å²) in [7, 11) is 0. The van der Waals surface area contributed by atoms with Crippen molar-refractivity contribution in [2.75, 3.05) is 19.6 Å². The Bertz CT molecular complexity index is 361. The van der Waals surface area contributed by atoms with Crippen LogP contribution < -0.4 is 10.6 Å². The molecule has 1 aromatic rings. The molecule has 0 radical (unpaired) electrons. The van der Waals surface area contributed by atoms with Crippen molar-refractivity contribution in [3.63, 3.8) is 0 Å². The highest BCUT2D eigenvalue weighted by Crippen LogP contribution is 2.46. The van der Waals surface area contributed by atoms with Gasteiger partial charge in [-0.25, -0.2) is 0 Å². The molecule has 0 aliphatic heterocycles. The molecule has 0 saturated heterocycles. The largest absolute Gasteiger partial charge is 0.315 e. The maximum Gasteiger partial charge on any atom is 0.0164 e. The van der Waals surface area contributed by atoms with E-state index >= 15 is 0 Å². The zero-order valence-corrected chi connectivity index (χ0v) is 12.5. The molecule has 2 nitrogen and oxygen atoms in total. The van der Waals surface area contributed by atoms with Gasteiger partial charge in [-0.05, 0) is 49.8 Å². The van der Waals surface area contributed by atoms with E-state index in [0.717, 1.165) is 37.4 Å². The zero-order valence-electron chi connectivity index (χ0n) is 12.5. The van der Waals surface area contributed by atoms with Crippen molar-refractivity contribution in [2.24, 2.45) is 11.8 Å². The fourth-order valence-corrected chi connectivity index (χ4v) is 2.59. The fraction of sp³-hybridized carbons (Fsp3) is 0.647. The molecule has 3 unspecified atom stereocenters. The predicted molar refractivity (Wildman–Crippen MR) is 82.5 cm³/mol. The summed E-state index contributed by atoms with van der Waals surface area (Å²) in [5.74, 6) is 2.37. The van der Waals surface area contributed by atoms with Gasteiger partial charge < -0.3 is 10.6 Å². The SMILES string of the molecule is CC(C)CNCC(C)NCC1CC1c1ccccc1. The summed E-state index contributed by atoms with van der Waals surface area (Å²) >= 11 is 0. The van der Waals surface area contributed by atoms with Crippen LogP contribution in [0.2, 0.25) is 0 Å². The Hall–Kier alpha value is -0.860. The van der Waals surface area contributed by atoms with Crippen LogP contribution in [0.4, 0.5) is 0 Å². The van der Waals surface area contributed by atoms with E-state index in [1.807, 2.05) is 0 Å². The average Bonchev–Trinajstić information content (AvgIpc) is 3.16. The van der Waals surface area contributed by atoms with E-state index in [2.05, 4.69) is 61.7 Å². The Kier molecular flexibility index (Phi) is 5.41. The first-order valence-corrected chi connectivity index (χ1v) is 7.66. The number of benzene rings is 1. The number of nitrogens with one attached hydrogen (secondary N) is 2. The van der Waals surface area contributed by atoms with Crippen LogP contribution in [0.25, 0.3) is 0 Å². The second-order valence-corrected chi connectivity index (χ2v) is 6.37. The van der Waals surface area contributed by atoms with E-state index in [9.17, 15) is 0 Å². The van der Waals surface area contributed by atoms with E-state index < -0.39 is 0 Å². The summed E-state index contributed by atoms with van der Waals surface area (Å²) in [5, 5.41) is 7.16. The maximum absolute atomic E-state index is 3.66. The minimum Gasteiger partial charge on any atom is -0.315 e. The van der Waals surface area contributed by atoms with Crippen molar-refractivity contribution in [2.45, 2.75) is 39.2 Å². The van der Waals surface area contributed by atoms with E-state index in [1.165, 1.54) is 12.0 Å². The molecule has 0 bridgehead atoms. The average molecular weight is 260 g/mol. The lowest BCUT2D eigenvalue weighted by molar-refractivity contribution is 0.463. The molecule has 1 fully saturated rings. The fourth-order valence-electron chi connectivity index (χ4n) is 2.59. The van der Waals surface area contributed by atoms with Crippen molar-refractivity contribution in [3.05, 3.63) is 35.9 Å². The molecule has 2 N–H and O–H groups in total. The van der Waals surface area contributed by atoms with Gasteiger partial charge in [-0.3, -0.25) is 0 Å². The monoisotopic (exact) mass is 260 g/mol. The van der Waals surface area contributed by atoms with Gasteiger partial charge in [0.2, 0.25) is 0 Å². The molecule has 0 aromatic heterocycles. The Balaban J connectivity index is 1.60. The van der Waals surface area contributed by atoms with E-state index in [4.69, 9.17) is 0 Å². The smallest absolute Gasteiger partial charge is 0.0164 e. The molecular weight excluding hydrogens is 232 g/mol. The summed E-state index contributed by atoms with van der Waals surface area (Å²) in [4.78, 5) is 0. The molecule has 0 amide bonds. The third-order valence-electron chi connectivity index (χ3n) is 3.88. The van der Waals surface area contributed by atoms with Crippen LogP contribution in [0.15, 0.2) is 30.3 Å². The number of hydrogen-bond donors (Lipinski definition) is 2. The van der Waals surface area contributed by atoms with Crippen molar-refractivity contribution in [1.29, 1.82) is 0 Å². The van der Waals surface area contributed by atoms with Gasteiger partial charge in [-0.1, -0.05) is 44.2 Å². The van der Waals surface area contributed by atoms with Crippen LogP contribution in [0.5, 0.6) is 0 Å². The summed E-state index contributed by atoms with van der Waals surface area (Å²) in [5.41, 5.74) is 1.51. The standard InChI is InChI=1S/C17H28N2/c1-13(2)10-18-11-14(3)19-12-16-9-17(16)15-7-5-4-6-8-15/h4-8,13-14,16-19H,9-12H2,1-3H3. The van der Waals surface area contributed by atoms with Gasteiger partial charge >= 0.3 is 0 Å². The first-order valence-electron chi connectivity index (χ1n) is 7.66. The van der Waals surface area contributed by atoms with Gasteiger partial charge in [-0.2, -0.15) is 0 Å². The predicted octanol–water partition coefficient (Wildman–Crippen LogP) is 3.01. The van der Waals surface area contributed by atoms with Gasteiger partial charge in [-0.15, -0.1) is 0 Å². The van der Waals surface area contributed by atoms with Crippen molar-refractivity contribution >= 4 is 0 Å². The molecule has 0 heterocycles. The van der Waals surface area contributed by atoms with Crippen LogP contribution in [-0.2, 0) is 0 Å². The Morgan fingerprint density at radius 2 is 1.84 bits per heavy atom. The van der Waals surface area contributed by atoms with Crippen LogP contribution in [0.1, 0.15) is 38.7 Å². The minimum atomic E-state index is 0.566. The van der Waals surface area contributed by atoms with Gasteiger partial charge in [0.1, 0.15) is 0 Å². The van der Waals surface area contributed by atoms with E-state index in [0.29, 0.717) is 6.04 Å². The lowest BCUT2D eigenvalue weighted by atomic mass is 10.1. The van der Waals surface area contributed by atoms with Crippen LogP contribution >= 0.6 is 0 Å². The molecule has 1 aliphatic rings. The lowest BCUT2D eigenvalue weighted by Crippen LogP contribution is -2.38. The maximum atomic E-state index is 3.66. The molecular formula is C17H28N2. The summed E-state index contributed by atoms with van der Waals surface area (Å²) in [6.45, 7) is 10.1. The van der Waals surface area contributed by atoms with Crippen LogP contribution in [0.3, 0.4) is 0 Å². The number of rotatable bonds is 8. The van der Waals surface area contributed by atoms with E-state index in [-0.39, 0.29) is 0 Å². The second-order valence-electron chi connectivity index (χ2n) is 6.37. The van der Waals surface area contributed by atoms with Crippen molar-refractivity contribution < 1.29 is 0 Å². The Labute approximate surface area is 118 Å². The van der Waals surface area contributed by atoms with Crippen LogP contribution in [-0.4, -0.2) is 25.7 Å². The topological polar surface area (TPSA) is 24.1 Å². The summed E-state index contributed by atoms with van der Waals surface area (Å²) in [6.07, 6.45) is 1.35. The molecule has 19 heavy (non-hydrogen) atoms. The highest BCUT2D eigenvalue weighted by molar-refractivity contribution is 5.25. The molecule has 2 rings (SSSR count). The zero-order chi connectivity index (χ0) is 13.7. The molecule has 3 atom stereocenters. The Morgan fingerprint density at radius 3 is 2.53 bits per heavy atom. The first kappa shape index (κ1) is 14.5. The van der Waals surface area contributed by atoms with Gasteiger partial charge in [0.15, 0.2) is 0 Å². The normalized spacial score (nSPS) is 23.6. The molecule has 1 saturated carbocycles. The molecule has 0 spiro atoms. The molecule has 2 heteroatoms. The Morgan fingerprint density at radius 1 is 1.11 bits per heavy atom. The van der Waals surface area contributed by atoms with E-state index in [1.54, 1.807) is 0 Å². The summed E-state index contributed by atoms with van der Waals surface area (Å²) < 4.78 is 0. The quantitative estimate of drug-likeness (QED) is 0.751. The van der Waals surface area contributed by atoms with Gasteiger partial charge in [0.25, 0.3) is 0 Å². The summed E-state index contributed by atoms with van der Waals surface area (Å²) in [6, 6.07) is 11.5. The van der Waals surface area contributed by atoms with Crippen molar-refractivity contribution in [1.82, 2.24) is 10.6 Å². The molecule has 1 aliphatic carbocycles. The lowest BCUT2D eigenvalue weighted by Gasteiger charge is -2.15. The third-order valence-corrected chi connectivity index (χ3v) is 3.88.